The first-order chi connectivity index (χ1) is 7.67. The lowest BCUT2D eigenvalue weighted by atomic mass is 10.1. The van der Waals surface area contributed by atoms with Gasteiger partial charge in [-0.1, -0.05) is 12.1 Å². The molecule has 0 aliphatic rings. The van der Waals surface area contributed by atoms with E-state index in [-0.39, 0.29) is 6.42 Å². The zero-order valence-electron chi connectivity index (χ0n) is 8.43. The van der Waals surface area contributed by atoms with Crippen molar-refractivity contribution in [1.29, 1.82) is 0 Å². The highest BCUT2D eigenvalue weighted by molar-refractivity contribution is 5.93. The zero-order valence-corrected chi connectivity index (χ0v) is 8.43. The van der Waals surface area contributed by atoms with E-state index in [1.54, 1.807) is 24.3 Å². The molecule has 16 heavy (non-hydrogen) atoms. The summed E-state index contributed by atoms with van der Waals surface area (Å²) in [6, 6.07) is 6.51. The first-order valence-electron chi connectivity index (χ1n) is 4.63. The second-order valence-corrected chi connectivity index (χ2v) is 3.18. The maximum Gasteiger partial charge on any atom is 0.274 e. The molecule has 1 aromatic carbocycles. The Morgan fingerprint density at radius 1 is 1.19 bits per heavy atom. The Morgan fingerprint density at radius 3 is 2.56 bits per heavy atom. The van der Waals surface area contributed by atoms with E-state index in [1.807, 2.05) is 0 Å². The Kier molecular flexibility index (Phi) is 4.43. The van der Waals surface area contributed by atoms with Gasteiger partial charge in [-0.2, -0.15) is 0 Å². The summed E-state index contributed by atoms with van der Waals surface area (Å²) in [5.41, 5.74) is 4.13. The largest absolute Gasteiger partial charge is 0.289 e. The highest BCUT2D eigenvalue weighted by Gasteiger charge is 2.05. The van der Waals surface area contributed by atoms with Crippen molar-refractivity contribution in [2.24, 2.45) is 0 Å². The van der Waals surface area contributed by atoms with Crippen LogP contribution in [0.25, 0.3) is 0 Å². The number of hydrogen-bond acceptors (Lipinski definition) is 4. The van der Waals surface area contributed by atoms with Crippen LogP contribution < -0.4 is 11.0 Å². The summed E-state index contributed by atoms with van der Waals surface area (Å²) in [6.45, 7) is 0. The van der Waals surface area contributed by atoms with Gasteiger partial charge in [-0.3, -0.25) is 20.0 Å². The van der Waals surface area contributed by atoms with Crippen LogP contribution in [0.5, 0.6) is 0 Å². The molecule has 0 heterocycles. The van der Waals surface area contributed by atoms with E-state index in [2.05, 4.69) is 0 Å². The van der Waals surface area contributed by atoms with Crippen LogP contribution in [0.1, 0.15) is 22.3 Å². The molecule has 0 bridgehead atoms. The number of hydroxylamine groups is 2. The second-order valence-electron chi connectivity index (χ2n) is 3.18. The van der Waals surface area contributed by atoms with Crippen LogP contribution in [0.3, 0.4) is 0 Å². The van der Waals surface area contributed by atoms with Gasteiger partial charge in [-0.25, -0.2) is 11.0 Å². The van der Waals surface area contributed by atoms with Gasteiger partial charge in [0.25, 0.3) is 5.91 Å². The van der Waals surface area contributed by atoms with E-state index in [9.17, 15) is 9.59 Å². The number of rotatable bonds is 4. The molecular weight excluding hydrogens is 212 g/mol. The molecule has 86 valence electrons. The predicted octanol–water partition coefficient (Wildman–Crippen LogP) is 0.244. The minimum atomic E-state index is -0.603. The fourth-order valence-corrected chi connectivity index (χ4v) is 1.25. The van der Waals surface area contributed by atoms with Crippen LogP contribution in [0, 0.1) is 0 Å². The molecule has 4 N–H and O–H groups in total. The number of carbonyl (C=O) groups is 2. The molecule has 0 aromatic heterocycles. The summed E-state index contributed by atoms with van der Waals surface area (Å²) >= 11 is 0. The van der Waals surface area contributed by atoms with Gasteiger partial charge >= 0.3 is 0 Å². The monoisotopic (exact) mass is 224 g/mol. The summed E-state index contributed by atoms with van der Waals surface area (Å²) in [6.07, 6.45) is 0.527. The predicted molar refractivity (Wildman–Crippen MR) is 53.9 cm³/mol. The molecule has 0 atom stereocenters. The number of amides is 2. The average molecular weight is 224 g/mol. The van der Waals surface area contributed by atoms with Gasteiger partial charge in [0.05, 0.1) is 0 Å². The van der Waals surface area contributed by atoms with Crippen molar-refractivity contribution in [1.82, 2.24) is 11.0 Å². The number of carbonyl (C=O) groups excluding carboxylic acids is 2. The lowest BCUT2D eigenvalue weighted by Crippen LogP contribution is -2.19. The smallest absolute Gasteiger partial charge is 0.274 e. The minimum absolute atomic E-state index is 0.126. The summed E-state index contributed by atoms with van der Waals surface area (Å²) in [5, 5.41) is 16.7. The molecule has 2 amide bonds. The van der Waals surface area contributed by atoms with Crippen molar-refractivity contribution in [3.63, 3.8) is 0 Å². The highest BCUT2D eigenvalue weighted by Crippen LogP contribution is 2.07. The SMILES string of the molecule is O=C(CCc1cccc(C(=O)NO)c1)NO. The number of hydrogen-bond donors (Lipinski definition) is 4. The van der Waals surface area contributed by atoms with Gasteiger partial charge in [0.15, 0.2) is 0 Å². The molecule has 1 aromatic rings. The van der Waals surface area contributed by atoms with Gasteiger partial charge in [-0.05, 0) is 24.1 Å². The first-order valence-corrected chi connectivity index (χ1v) is 4.63. The van der Waals surface area contributed by atoms with Gasteiger partial charge in [0.1, 0.15) is 0 Å². The fraction of sp³-hybridized carbons (Fsp3) is 0.200. The van der Waals surface area contributed by atoms with Crippen LogP contribution in [-0.4, -0.2) is 22.2 Å². The average Bonchev–Trinajstić information content (AvgIpc) is 2.35. The number of aryl methyl sites for hydroxylation is 1. The van der Waals surface area contributed by atoms with Crippen LogP contribution in [0.2, 0.25) is 0 Å². The third-order valence-corrected chi connectivity index (χ3v) is 2.06. The van der Waals surface area contributed by atoms with Crippen molar-refractivity contribution in [3.8, 4) is 0 Å². The zero-order chi connectivity index (χ0) is 12.0. The van der Waals surface area contributed by atoms with E-state index in [1.165, 1.54) is 11.0 Å². The molecule has 0 fully saturated rings. The van der Waals surface area contributed by atoms with Gasteiger partial charge in [0.2, 0.25) is 5.91 Å². The third kappa shape index (κ3) is 3.34. The Labute approximate surface area is 91.8 Å². The normalized spacial score (nSPS) is 9.62. The lowest BCUT2D eigenvalue weighted by molar-refractivity contribution is -0.129. The molecule has 0 spiro atoms. The summed E-state index contributed by atoms with van der Waals surface area (Å²) < 4.78 is 0. The van der Waals surface area contributed by atoms with Crippen molar-refractivity contribution in [2.75, 3.05) is 0 Å². The number of nitrogens with one attached hydrogen (secondary N) is 2. The minimum Gasteiger partial charge on any atom is -0.289 e. The van der Waals surface area contributed by atoms with Gasteiger partial charge in [-0.15, -0.1) is 0 Å². The summed E-state index contributed by atoms with van der Waals surface area (Å²) in [5.74, 6) is -1.09. The second kappa shape index (κ2) is 5.84. The lowest BCUT2D eigenvalue weighted by Gasteiger charge is -2.03. The van der Waals surface area contributed by atoms with E-state index in [4.69, 9.17) is 10.4 Å². The molecule has 0 aliphatic carbocycles. The maximum absolute atomic E-state index is 11.1. The molecular formula is C10H12N2O4. The Bertz CT molecular complexity index is 392. The van der Waals surface area contributed by atoms with Crippen molar-refractivity contribution >= 4 is 11.8 Å². The summed E-state index contributed by atoms with van der Waals surface area (Å²) in [4.78, 5) is 21.9. The highest BCUT2D eigenvalue weighted by atomic mass is 16.5. The van der Waals surface area contributed by atoms with Gasteiger partial charge in [0, 0.05) is 12.0 Å². The van der Waals surface area contributed by atoms with Crippen molar-refractivity contribution in [3.05, 3.63) is 35.4 Å². The quantitative estimate of drug-likeness (QED) is 0.435. The molecule has 0 unspecified atom stereocenters. The molecule has 1 rings (SSSR count). The number of benzene rings is 1. The van der Waals surface area contributed by atoms with Crippen LogP contribution in [-0.2, 0) is 11.2 Å². The molecule has 0 radical (unpaired) electrons. The molecule has 0 aliphatic heterocycles. The molecule has 6 heteroatoms. The van der Waals surface area contributed by atoms with Crippen molar-refractivity contribution < 1.29 is 20.0 Å². The van der Waals surface area contributed by atoms with E-state index in [0.717, 1.165) is 5.56 Å². The van der Waals surface area contributed by atoms with Crippen LogP contribution in [0.15, 0.2) is 24.3 Å². The Hall–Kier alpha value is -1.92. The van der Waals surface area contributed by atoms with Gasteiger partial charge < -0.3 is 0 Å². The fourth-order valence-electron chi connectivity index (χ4n) is 1.25. The first kappa shape index (κ1) is 12.2. The van der Waals surface area contributed by atoms with Crippen LogP contribution in [0.4, 0.5) is 0 Å². The third-order valence-electron chi connectivity index (χ3n) is 2.06. The van der Waals surface area contributed by atoms with E-state index < -0.39 is 11.8 Å². The van der Waals surface area contributed by atoms with E-state index >= 15 is 0 Å². The van der Waals surface area contributed by atoms with E-state index in [0.29, 0.717) is 12.0 Å². The Morgan fingerprint density at radius 2 is 1.94 bits per heavy atom. The standard InChI is InChI=1S/C10H12N2O4/c13-9(11-15)5-4-7-2-1-3-8(6-7)10(14)12-16/h1-3,6,15-16H,4-5H2,(H,11,13)(H,12,14). The topological polar surface area (TPSA) is 98.7 Å². The van der Waals surface area contributed by atoms with Crippen LogP contribution >= 0.6 is 0 Å². The summed E-state index contributed by atoms with van der Waals surface area (Å²) in [7, 11) is 0. The maximum atomic E-state index is 11.1. The Balaban J connectivity index is 2.67. The molecule has 0 saturated carbocycles. The van der Waals surface area contributed by atoms with Crippen molar-refractivity contribution in [2.45, 2.75) is 12.8 Å². The molecule has 6 nitrogen and oxygen atoms in total. The molecule has 0 saturated heterocycles.